The van der Waals surface area contributed by atoms with E-state index in [2.05, 4.69) is 11.8 Å². The summed E-state index contributed by atoms with van der Waals surface area (Å²) in [5.74, 6) is -1.01. The van der Waals surface area contributed by atoms with Crippen molar-refractivity contribution >= 4 is 24.3 Å². The van der Waals surface area contributed by atoms with Gasteiger partial charge >= 0.3 is 11.9 Å². The molecule has 0 aromatic carbocycles. The maximum atomic E-state index is 11.4. The second-order valence-electron chi connectivity index (χ2n) is 5.18. The molecule has 0 atom stereocenters. The zero-order valence-corrected chi connectivity index (χ0v) is 14.6. The van der Waals surface area contributed by atoms with Crippen LogP contribution in [0.15, 0.2) is 12.2 Å². The summed E-state index contributed by atoms with van der Waals surface area (Å²) in [5, 5.41) is 0. The molecule has 0 aliphatic carbocycles. The molecule has 0 radical (unpaired) electrons. The van der Waals surface area contributed by atoms with Crippen molar-refractivity contribution in [1.29, 1.82) is 0 Å². The molecule has 1 aliphatic rings. The molecular formula is C16H28ClNO5. The molecule has 7 heteroatoms. The Balaban J connectivity index is 0.00000484. The number of rotatable bonds is 10. The highest BCUT2D eigenvalue weighted by atomic mass is 35.5. The van der Waals surface area contributed by atoms with Crippen LogP contribution in [0.2, 0.25) is 0 Å². The number of hydrogen-bond donors (Lipinski definition) is 0. The van der Waals surface area contributed by atoms with Crippen LogP contribution in [-0.4, -0.2) is 62.9 Å². The summed E-state index contributed by atoms with van der Waals surface area (Å²) in [6, 6.07) is 0. The van der Waals surface area contributed by atoms with Gasteiger partial charge in [-0.25, -0.2) is 9.59 Å². The van der Waals surface area contributed by atoms with E-state index >= 15 is 0 Å². The Morgan fingerprint density at radius 1 is 1.00 bits per heavy atom. The Hall–Kier alpha value is -1.11. The van der Waals surface area contributed by atoms with Crippen molar-refractivity contribution in [2.45, 2.75) is 32.6 Å². The molecule has 23 heavy (non-hydrogen) atoms. The highest BCUT2D eigenvalue weighted by molar-refractivity contribution is 5.91. The second-order valence-corrected chi connectivity index (χ2v) is 5.18. The Kier molecular flexibility index (Phi) is 13.8. The maximum absolute atomic E-state index is 11.4. The van der Waals surface area contributed by atoms with Crippen LogP contribution in [0.3, 0.4) is 0 Å². The lowest BCUT2D eigenvalue weighted by Crippen LogP contribution is -2.37. The van der Waals surface area contributed by atoms with E-state index in [-0.39, 0.29) is 12.4 Å². The van der Waals surface area contributed by atoms with E-state index in [0.717, 1.165) is 70.7 Å². The highest BCUT2D eigenvalue weighted by Crippen LogP contribution is 1.99. The van der Waals surface area contributed by atoms with Gasteiger partial charge in [0.25, 0.3) is 0 Å². The zero-order valence-electron chi connectivity index (χ0n) is 13.8. The van der Waals surface area contributed by atoms with Gasteiger partial charge in [-0.2, -0.15) is 0 Å². The van der Waals surface area contributed by atoms with Crippen LogP contribution >= 0.6 is 12.4 Å². The first kappa shape index (κ1) is 21.9. The lowest BCUT2D eigenvalue weighted by atomic mass is 10.3. The van der Waals surface area contributed by atoms with E-state index in [1.165, 1.54) is 0 Å². The minimum atomic E-state index is -0.507. The third-order valence-corrected chi connectivity index (χ3v) is 3.31. The summed E-state index contributed by atoms with van der Waals surface area (Å²) in [6.45, 7) is 7.11. The number of unbranched alkanes of at least 4 members (excludes halogenated alkanes) is 2. The summed E-state index contributed by atoms with van der Waals surface area (Å²) >= 11 is 0. The standard InChI is InChI=1S/C16H27NO5.ClH/c1-2-3-4-11-21-15(18)6-7-16(19)22-12-5-8-17-9-13-20-14-10-17;/h6-7H,2-5,8-14H2,1H3;1H/b7-6+;. The maximum Gasteiger partial charge on any atom is 0.331 e. The average molecular weight is 350 g/mol. The summed E-state index contributed by atoms with van der Waals surface area (Å²) in [4.78, 5) is 25.0. The predicted octanol–water partition coefficient (Wildman–Crippen LogP) is 1.96. The summed E-state index contributed by atoms with van der Waals surface area (Å²) in [6.07, 6.45) is 5.97. The number of hydrogen-bond acceptors (Lipinski definition) is 6. The first-order chi connectivity index (χ1) is 10.7. The molecule has 0 aromatic heterocycles. The van der Waals surface area contributed by atoms with E-state index in [1.54, 1.807) is 0 Å². The van der Waals surface area contributed by atoms with Gasteiger partial charge in [0.15, 0.2) is 0 Å². The number of morpholine rings is 1. The van der Waals surface area contributed by atoms with Crippen molar-refractivity contribution < 1.29 is 23.8 Å². The van der Waals surface area contributed by atoms with Gasteiger partial charge in [0, 0.05) is 31.8 Å². The SMILES string of the molecule is CCCCCOC(=O)/C=C/C(=O)OCCCN1CCOCC1.Cl. The van der Waals surface area contributed by atoms with Crippen LogP contribution in [0.25, 0.3) is 0 Å². The van der Waals surface area contributed by atoms with Gasteiger partial charge in [0.2, 0.25) is 0 Å². The van der Waals surface area contributed by atoms with Gasteiger partial charge in [-0.05, 0) is 12.8 Å². The molecule has 0 spiro atoms. The smallest absolute Gasteiger partial charge is 0.331 e. The molecule has 0 N–H and O–H groups in total. The molecule has 1 saturated heterocycles. The minimum absolute atomic E-state index is 0. The van der Waals surface area contributed by atoms with Gasteiger partial charge in [0.05, 0.1) is 26.4 Å². The Morgan fingerprint density at radius 3 is 2.13 bits per heavy atom. The fourth-order valence-electron chi connectivity index (χ4n) is 2.04. The number of esters is 2. The fourth-order valence-corrected chi connectivity index (χ4v) is 2.04. The molecule has 0 amide bonds. The van der Waals surface area contributed by atoms with Crippen LogP contribution in [0.4, 0.5) is 0 Å². The molecule has 0 bridgehead atoms. The second kappa shape index (κ2) is 14.5. The number of carbonyl (C=O) groups is 2. The summed E-state index contributed by atoms with van der Waals surface area (Å²) in [5.41, 5.74) is 0. The fraction of sp³-hybridized carbons (Fsp3) is 0.750. The monoisotopic (exact) mass is 349 g/mol. The Bertz CT molecular complexity index is 356. The van der Waals surface area contributed by atoms with Gasteiger partial charge < -0.3 is 14.2 Å². The predicted molar refractivity (Wildman–Crippen MR) is 89.7 cm³/mol. The number of halogens is 1. The van der Waals surface area contributed by atoms with E-state index in [1.807, 2.05) is 0 Å². The van der Waals surface area contributed by atoms with Gasteiger partial charge in [-0.3, -0.25) is 4.90 Å². The molecule has 134 valence electrons. The van der Waals surface area contributed by atoms with Crippen molar-refractivity contribution in [3.8, 4) is 0 Å². The zero-order chi connectivity index (χ0) is 16.0. The van der Waals surface area contributed by atoms with Crippen LogP contribution < -0.4 is 0 Å². The van der Waals surface area contributed by atoms with Crippen molar-refractivity contribution in [2.75, 3.05) is 46.1 Å². The van der Waals surface area contributed by atoms with Crippen molar-refractivity contribution in [2.24, 2.45) is 0 Å². The highest BCUT2D eigenvalue weighted by Gasteiger charge is 2.09. The van der Waals surface area contributed by atoms with E-state index < -0.39 is 11.9 Å². The van der Waals surface area contributed by atoms with Crippen molar-refractivity contribution in [3.63, 3.8) is 0 Å². The molecule has 0 saturated carbocycles. The summed E-state index contributed by atoms with van der Waals surface area (Å²) in [7, 11) is 0. The van der Waals surface area contributed by atoms with Gasteiger partial charge in [0.1, 0.15) is 0 Å². The molecule has 0 aromatic rings. The lowest BCUT2D eigenvalue weighted by molar-refractivity contribution is -0.140. The third kappa shape index (κ3) is 12.0. The summed E-state index contributed by atoms with van der Waals surface area (Å²) < 4.78 is 15.2. The van der Waals surface area contributed by atoms with Crippen LogP contribution in [0.5, 0.6) is 0 Å². The largest absolute Gasteiger partial charge is 0.463 e. The number of carbonyl (C=O) groups excluding carboxylic acids is 2. The molecule has 1 fully saturated rings. The van der Waals surface area contributed by atoms with Gasteiger partial charge in [-0.1, -0.05) is 19.8 Å². The van der Waals surface area contributed by atoms with Crippen LogP contribution in [-0.2, 0) is 23.8 Å². The van der Waals surface area contributed by atoms with Crippen molar-refractivity contribution in [3.05, 3.63) is 12.2 Å². The quantitative estimate of drug-likeness (QED) is 0.341. The normalized spacial score (nSPS) is 15.2. The molecule has 1 rings (SSSR count). The molecule has 6 nitrogen and oxygen atoms in total. The van der Waals surface area contributed by atoms with E-state index in [0.29, 0.717) is 13.2 Å². The van der Waals surface area contributed by atoms with Crippen LogP contribution in [0, 0.1) is 0 Å². The lowest BCUT2D eigenvalue weighted by Gasteiger charge is -2.26. The number of ether oxygens (including phenoxy) is 3. The minimum Gasteiger partial charge on any atom is -0.463 e. The van der Waals surface area contributed by atoms with Gasteiger partial charge in [-0.15, -0.1) is 12.4 Å². The van der Waals surface area contributed by atoms with E-state index in [9.17, 15) is 9.59 Å². The van der Waals surface area contributed by atoms with Crippen molar-refractivity contribution in [1.82, 2.24) is 4.90 Å². The third-order valence-electron chi connectivity index (χ3n) is 3.31. The van der Waals surface area contributed by atoms with Crippen LogP contribution in [0.1, 0.15) is 32.6 Å². The molecule has 1 aliphatic heterocycles. The molecule has 0 unspecified atom stereocenters. The average Bonchev–Trinajstić information content (AvgIpc) is 2.55. The topological polar surface area (TPSA) is 65.1 Å². The molecular weight excluding hydrogens is 322 g/mol. The molecule has 1 heterocycles. The Morgan fingerprint density at radius 2 is 1.57 bits per heavy atom. The first-order valence-electron chi connectivity index (χ1n) is 8.04. The number of nitrogens with zero attached hydrogens (tertiary/aromatic N) is 1. The van der Waals surface area contributed by atoms with E-state index in [4.69, 9.17) is 14.2 Å². The Labute approximate surface area is 144 Å². The first-order valence-corrected chi connectivity index (χ1v) is 8.04.